The first kappa shape index (κ1) is 44.0. The lowest BCUT2D eigenvalue weighted by Gasteiger charge is -2.19. The molecule has 0 aliphatic rings. The average molecular weight is 891 g/mol. The molecular formula is C60H64ClN5. The Labute approximate surface area is 395 Å². The highest BCUT2D eigenvalue weighted by Crippen LogP contribution is 2.42. The SMILES string of the molecule is CC(C)(C)c1ccc2c(c1)c1cc(C(C)(C)C)ccc1n2-c1ccc(Cl)c(-n2c3ccc(C(C)(C)C)cc3c3ccc(-n4c5ccc(C(C)(C)C)cc5c5cc(C(C)(C)C)ccc54)nc32)n1. The summed E-state index contributed by atoms with van der Waals surface area (Å²) in [6.45, 7) is 34.2. The molecule has 336 valence electrons. The first-order chi connectivity index (χ1) is 30.8. The highest BCUT2D eigenvalue weighted by Gasteiger charge is 2.26. The Morgan fingerprint density at radius 2 is 0.606 bits per heavy atom. The summed E-state index contributed by atoms with van der Waals surface area (Å²) in [7, 11) is 0. The van der Waals surface area contributed by atoms with E-state index in [9.17, 15) is 0 Å². The quantitative estimate of drug-likeness (QED) is 0.177. The number of halogens is 1. The molecule has 0 atom stereocenters. The van der Waals surface area contributed by atoms with E-state index in [2.05, 4.69) is 227 Å². The Morgan fingerprint density at radius 1 is 0.318 bits per heavy atom. The molecule has 0 spiro atoms. The number of hydrogen-bond acceptors (Lipinski definition) is 2. The summed E-state index contributed by atoms with van der Waals surface area (Å²) < 4.78 is 6.84. The van der Waals surface area contributed by atoms with Gasteiger partial charge in [0.2, 0.25) is 0 Å². The standard InChI is InChI=1S/C60H64ClN5/c1-56(2,3)35-20-27-51-41(30-35)40-21-28-52(64-47-23-16-36(57(4,5)6)31-42(47)43-32-37(58(7,8)9)17-24-48(43)64)62-54(40)66(51)55-46(61)22-29-53(63-55)65-49-25-18-38(59(10,11)12)33-44(49)45-34-39(60(13,14)15)19-26-50(45)65/h16-34H,1-15H3. The molecule has 5 nitrogen and oxygen atoms in total. The molecule has 5 aromatic carbocycles. The van der Waals surface area contributed by atoms with Crippen LogP contribution in [0.1, 0.15) is 132 Å². The van der Waals surface area contributed by atoms with Gasteiger partial charge in [0.1, 0.15) is 17.3 Å². The van der Waals surface area contributed by atoms with Gasteiger partial charge in [-0.2, -0.15) is 0 Å². The van der Waals surface area contributed by atoms with Gasteiger partial charge in [-0.1, -0.05) is 146 Å². The molecular weight excluding hydrogens is 826 g/mol. The zero-order chi connectivity index (χ0) is 47.2. The summed E-state index contributed by atoms with van der Waals surface area (Å²) >= 11 is 7.41. The van der Waals surface area contributed by atoms with E-state index >= 15 is 0 Å². The van der Waals surface area contributed by atoms with Crippen LogP contribution in [0.5, 0.6) is 0 Å². The van der Waals surface area contributed by atoms with Crippen LogP contribution in [-0.2, 0) is 27.1 Å². The molecule has 0 amide bonds. The van der Waals surface area contributed by atoms with Gasteiger partial charge in [-0.25, -0.2) is 9.97 Å². The number of hydrogen-bond donors (Lipinski definition) is 0. The van der Waals surface area contributed by atoms with Crippen molar-refractivity contribution in [1.29, 1.82) is 0 Å². The second-order valence-electron chi connectivity index (χ2n) is 23.9. The smallest absolute Gasteiger partial charge is 0.160 e. The molecule has 6 heteroatoms. The predicted molar refractivity (Wildman–Crippen MR) is 284 cm³/mol. The van der Waals surface area contributed by atoms with E-state index in [-0.39, 0.29) is 27.1 Å². The summed E-state index contributed by atoms with van der Waals surface area (Å²) in [4.78, 5) is 11.3. The van der Waals surface area contributed by atoms with Gasteiger partial charge in [0.25, 0.3) is 0 Å². The van der Waals surface area contributed by atoms with E-state index in [1.807, 2.05) is 6.07 Å². The minimum atomic E-state index is -0.0528. The zero-order valence-electron chi connectivity index (χ0n) is 41.6. The molecule has 5 heterocycles. The van der Waals surface area contributed by atoms with E-state index in [0.717, 1.165) is 55.6 Å². The highest BCUT2D eigenvalue weighted by molar-refractivity contribution is 6.32. The molecule has 10 aromatic rings. The number of fused-ring (bicyclic) bond motifs is 9. The fourth-order valence-corrected chi connectivity index (χ4v) is 9.98. The third-order valence-corrected chi connectivity index (χ3v) is 14.2. The minimum Gasteiger partial charge on any atom is -0.294 e. The molecule has 0 saturated heterocycles. The van der Waals surface area contributed by atoms with Crippen molar-refractivity contribution in [3.8, 4) is 17.5 Å². The summed E-state index contributed by atoms with van der Waals surface area (Å²) in [5.41, 5.74) is 12.7. The van der Waals surface area contributed by atoms with Gasteiger partial charge in [-0.15, -0.1) is 0 Å². The van der Waals surface area contributed by atoms with Crippen LogP contribution in [0.25, 0.3) is 83.0 Å². The van der Waals surface area contributed by atoms with Gasteiger partial charge in [0.15, 0.2) is 5.82 Å². The number of nitrogens with zero attached hydrogens (tertiary/aromatic N) is 5. The zero-order valence-corrected chi connectivity index (χ0v) is 42.3. The van der Waals surface area contributed by atoms with E-state index in [4.69, 9.17) is 21.6 Å². The van der Waals surface area contributed by atoms with Gasteiger partial charge in [0, 0.05) is 32.3 Å². The fourth-order valence-electron chi connectivity index (χ4n) is 9.79. The van der Waals surface area contributed by atoms with Crippen LogP contribution in [-0.4, -0.2) is 23.7 Å². The molecule has 0 fully saturated rings. The lowest BCUT2D eigenvalue weighted by molar-refractivity contribution is 0.590. The van der Waals surface area contributed by atoms with Gasteiger partial charge in [-0.3, -0.25) is 13.7 Å². The molecule has 0 aliphatic heterocycles. The first-order valence-corrected chi connectivity index (χ1v) is 24.0. The number of pyridine rings is 2. The lowest BCUT2D eigenvalue weighted by Crippen LogP contribution is -2.11. The van der Waals surface area contributed by atoms with Crippen molar-refractivity contribution in [3.05, 3.63) is 148 Å². The molecule has 0 saturated carbocycles. The molecule has 0 aliphatic carbocycles. The van der Waals surface area contributed by atoms with Crippen LogP contribution in [0.3, 0.4) is 0 Å². The molecule has 0 unspecified atom stereocenters. The van der Waals surface area contributed by atoms with Crippen LogP contribution >= 0.6 is 11.6 Å². The summed E-state index contributed by atoms with van der Waals surface area (Å²) in [6.07, 6.45) is 0. The molecule has 10 rings (SSSR count). The van der Waals surface area contributed by atoms with Crippen LogP contribution in [0.2, 0.25) is 5.02 Å². The largest absolute Gasteiger partial charge is 0.294 e. The normalized spacial score (nSPS) is 13.5. The van der Waals surface area contributed by atoms with E-state index < -0.39 is 0 Å². The Hall–Kier alpha value is -5.91. The molecule has 0 N–H and O–H groups in total. The monoisotopic (exact) mass is 889 g/mol. The maximum atomic E-state index is 7.41. The first-order valence-electron chi connectivity index (χ1n) is 23.6. The summed E-state index contributed by atoms with van der Waals surface area (Å²) in [5, 5.41) is 7.62. The van der Waals surface area contributed by atoms with Crippen molar-refractivity contribution in [2.24, 2.45) is 0 Å². The van der Waals surface area contributed by atoms with Crippen molar-refractivity contribution in [3.63, 3.8) is 0 Å². The number of aromatic nitrogens is 5. The Bertz CT molecular complexity index is 3470. The number of benzene rings is 5. The maximum Gasteiger partial charge on any atom is 0.160 e. The average Bonchev–Trinajstić information content (AvgIpc) is 3.86. The molecule has 5 aromatic heterocycles. The van der Waals surface area contributed by atoms with Gasteiger partial charge < -0.3 is 0 Å². The predicted octanol–water partition coefficient (Wildman–Crippen LogP) is 16.9. The van der Waals surface area contributed by atoms with Crippen molar-refractivity contribution >= 4 is 77.1 Å². The van der Waals surface area contributed by atoms with E-state index in [1.165, 1.54) is 49.4 Å². The topological polar surface area (TPSA) is 40.6 Å². The Morgan fingerprint density at radius 3 is 0.939 bits per heavy atom. The van der Waals surface area contributed by atoms with Gasteiger partial charge >= 0.3 is 0 Å². The van der Waals surface area contributed by atoms with E-state index in [1.54, 1.807) is 0 Å². The third kappa shape index (κ3) is 7.12. The van der Waals surface area contributed by atoms with Crippen molar-refractivity contribution in [1.82, 2.24) is 23.7 Å². The minimum absolute atomic E-state index is 0.000970. The second kappa shape index (κ2) is 14.5. The highest BCUT2D eigenvalue weighted by atomic mass is 35.5. The third-order valence-electron chi connectivity index (χ3n) is 13.9. The summed E-state index contributed by atoms with van der Waals surface area (Å²) in [6, 6.07) is 43.1. The number of rotatable bonds is 3. The Kier molecular flexibility index (Phi) is 9.69. The van der Waals surface area contributed by atoms with Crippen LogP contribution in [0, 0.1) is 0 Å². The molecule has 66 heavy (non-hydrogen) atoms. The lowest BCUT2D eigenvalue weighted by atomic mass is 9.85. The summed E-state index contributed by atoms with van der Waals surface area (Å²) in [5.74, 6) is 2.28. The van der Waals surface area contributed by atoms with Gasteiger partial charge in [0.05, 0.1) is 32.6 Å². The van der Waals surface area contributed by atoms with Crippen molar-refractivity contribution < 1.29 is 0 Å². The van der Waals surface area contributed by atoms with Crippen LogP contribution in [0.15, 0.2) is 115 Å². The van der Waals surface area contributed by atoms with Crippen LogP contribution in [0.4, 0.5) is 0 Å². The second-order valence-corrected chi connectivity index (χ2v) is 24.3. The molecule has 0 bridgehead atoms. The van der Waals surface area contributed by atoms with Crippen molar-refractivity contribution in [2.75, 3.05) is 0 Å². The molecule has 0 radical (unpaired) electrons. The van der Waals surface area contributed by atoms with E-state index in [0.29, 0.717) is 10.8 Å². The maximum absolute atomic E-state index is 7.41. The Balaban J connectivity index is 1.26. The fraction of sp³-hybridized carbons (Fsp3) is 0.333. The van der Waals surface area contributed by atoms with Gasteiger partial charge in [-0.05, 0) is 140 Å². The van der Waals surface area contributed by atoms with Crippen LogP contribution < -0.4 is 0 Å². The van der Waals surface area contributed by atoms with Crippen molar-refractivity contribution in [2.45, 2.75) is 131 Å².